The van der Waals surface area contributed by atoms with Gasteiger partial charge in [0, 0.05) is 0 Å². The zero-order valence-corrected chi connectivity index (χ0v) is 14.9. The molecular formula is C19H20ClNO4. The van der Waals surface area contributed by atoms with E-state index in [4.69, 9.17) is 21.1 Å². The van der Waals surface area contributed by atoms with Crippen LogP contribution in [0.3, 0.4) is 0 Å². The second-order valence-corrected chi connectivity index (χ2v) is 5.86. The number of esters is 1. The van der Waals surface area contributed by atoms with Gasteiger partial charge in [-0.3, -0.25) is 4.79 Å². The number of benzene rings is 2. The maximum Gasteiger partial charge on any atom is 0.328 e. The van der Waals surface area contributed by atoms with E-state index in [1.54, 1.807) is 31.2 Å². The zero-order valence-electron chi connectivity index (χ0n) is 14.1. The van der Waals surface area contributed by atoms with Crippen molar-refractivity contribution in [2.45, 2.75) is 19.9 Å². The van der Waals surface area contributed by atoms with E-state index in [1.807, 2.05) is 31.2 Å². The molecule has 0 unspecified atom stereocenters. The Morgan fingerprint density at radius 1 is 1.08 bits per heavy atom. The molecule has 0 saturated heterocycles. The van der Waals surface area contributed by atoms with Crippen molar-refractivity contribution in [3.8, 4) is 5.75 Å². The Kier molecular flexibility index (Phi) is 6.83. The van der Waals surface area contributed by atoms with Crippen molar-refractivity contribution in [2.75, 3.05) is 13.2 Å². The van der Waals surface area contributed by atoms with Crippen LogP contribution in [0.1, 0.15) is 22.8 Å². The first-order valence-corrected chi connectivity index (χ1v) is 8.27. The summed E-state index contributed by atoms with van der Waals surface area (Å²) in [4.78, 5) is 24.1. The fourth-order valence-electron chi connectivity index (χ4n) is 2.12. The Morgan fingerprint density at radius 3 is 2.48 bits per heavy atom. The van der Waals surface area contributed by atoms with Crippen LogP contribution in [0.5, 0.6) is 5.75 Å². The van der Waals surface area contributed by atoms with Crippen LogP contribution >= 0.6 is 11.6 Å². The third kappa shape index (κ3) is 5.50. The van der Waals surface area contributed by atoms with E-state index >= 15 is 0 Å². The quantitative estimate of drug-likeness (QED) is 0.606. The van der Waals surface area contributed by atoms with Crippen LogP contribution in [0.2, 0.25) is 5.02 Å². The second-order valence-electron chi connectivity index (χ2n) is 5.46. The van der Waals surface area contributed by atoms with Gasteiger partial charge in [0.05, 0.1) is 10.6 Å². The first kappa shape index (κ1) is 18.8. The monoisotopic (exact) mass is 361 g/mol. The van der Waals surface area contributed by atoms with Gasteiger partial charge >= 0.3 is 5.97 Å². The molecule has 0 aliphatic carbocycles. The van der Waals surface area contributed by atoms with Gasteiger partial charge in [-0.05, 0) is 37.6 Å². The number of ether oxygens (including phenoxy) is 2. The van der Waals surface area contributed by atoms with Crippen LogP contribution in [0.25, 0.3) is 0 Å². The topological polar surface area (TPSA) is 64.6 Å². The molecule has 0 fully saturated rings. The minimum atomic E-state index is -0.790. The van der Waals surface area contributed by atoms with Crippen LogP contribution in [-0.4, -0.2) is 31.1 Å². The summed E-state index contributed by atoms with van der Waals surface area (Å²) in [6, 6.07) is 13.4. The van der Waals surface area contributed by atoms with Gasteiger partial charge < -0.3 is 14.8 Å². The van der Waals surface area contributed by atoms with Gasteiger partial charge in [-0.15, -0.1) is 0 Å². The highest BCUT2D eigenvalue weighted by Crippen LogP contribution is 2.16. The molecule has 0 aliphatic rings. The number of carbonyl (C=O) groups excluding carboxylic acids is 2. The van der Waals surface area contributed by atoms with Crippen molar-refractivity contribution in [3.05, 3.63) is 64.7 Å². The summed E-state index contributed by atoms with van der Waals surface area (Å²) in [7, 11) is 0. The minimum absolute atomic E-state index is 0.0967. The molecule has 0 saturated carbocycles. The molecule has 0 radical (unpaired) electrons. The molecule has 1 atom stereocenters. The first-order chi connectivity index (χ1) is 12.0. The SMILES string of the molecule is Cc1ccccc1OCCOC(=O)[C@H](C)NC(=O)c1ccccc1Cl. The van der Waals surface area contributed by atoms with Gasteiger partial charge in [-0.2, -0.15) is 0 Å². The third-order valence-electron chi connectivity index (χ3n) is 3.50. The minimum Gasteiger partial charge on any atom is -0.490 e. The van der Waals surface area contributed by atoms with E-state index in [2.05, 4.69) is 5.32 Å². The molecule has 1 amide bonds. The lowest BCUT2D eigenvalue weighted by atomic mass is 10.2. The fourth-order valence-corrected chi connectivity index (χ4v) is 2.34. The van der Waals surface area contributed by atoms with Crippen molar-refractivity contribution in [1.82, 2.24) is 5.32 Å². The van der Waals surface area contributed by atoms with Gasteiger partial charge in [0.25, 0.3) is 5.91 Å². The molecule has 0 heterocycles. The highest BCUT2D eigenvalue weighted by molar-refractivity contribution is 6.33. The summed E-state index contributed by atoms with van der Waals surface area (Å²) in [6.45, 7) is 3.83. The van der Waals surface area contributed by atoms with E-state index in [9.17, 15) is 9.59 Å². The third-order valence-corrected chi connectivity index (χ3v) is 3.83. The number of nitrogens with one attached hydrogen (secondary N) is 1. The zero-order chi connectivity index (χ0) is 18.2. The van der Waals surface area contributed by atoms with Crippen molar-refractivity contribution in [2.24, 2.45) is 0 Å². The maximum atomic E-state index is 12.1. The van der Waals surface area contributed by atoms with Crippen molar-refractivity contribution < 1.29 is 19.1 Å². The molecule has 0 spiro atoms. The second kappa shape index (κ2) is 9.08. The predicted molar refractivity (Wildman–Crippen MR) is 96.0 cm³/mol. The lowest BCUT2D eigenvalue weighted by Crippen LogP contribution is -2.40. The molecule has 2 aromatic rings. The standard InChI is InChI=1S/C19H20ClNO4/c1-13-7-3-6-10-17(13)24-11-12-25-19(23)14(2)21-18(22)15-8-4-5-9-16(15)20/h3-10,14H,11-12H2,1-2H3,(H,21,22)/t14-/m0/s1. The number of hydrogen-bond donors (Lipinski definition) is 1. The number of amides is 1. The van der Waals surface area contributed by atoms with Crippen molar-refractivity contribution >= 4 is 23.5 Å². The van der Waals surface area contributed by atoms with Gasteiger partial charge in [0.15, 0.2) is 0 Å². The molecule has 0 aromatic heterocycles. The van der Waals surface area contributed by atoms with E-state index in [0.717, 1.165) is 11.3 Å². The molecule has 2 aromatic carbocycles. The van der Waals surface area contributed by atoms with E-state index < -0.39 is 17.9 Å². The Hall–Kier alpha value is -2.53. The molecule has 25 heavy (non-hydrogen) atoms. The average molecular weight is 362 g/mol. The summed E-state index contributed by atoms with van der Waals surface area (Å²) < 4.78 is 10.7. The first-order valence-electron chi connectivity index (χ1n) is 7.89. The number of halogens is 1. The van der Waals surface area contributed by atoms with Gasteiger partial charge in [-0.25, -0.2) is 4.79 Å². The Balaban J connectivity index is 1.76. The smallest absolute Gasteiger partial charge is 0.328 e. The number of hydrogen-bond acceptors (Lipinski definition) is 4. The summed E-state index contributed by atoms with van der Waals surface area (Å²) >= 11 is 5.96. The molecule has 2 rings (SSSR count). The summed E-state index contributed by atoms with van der Waals surface area (Å²) in [5.74, 6) is -0.210. The lowest BCUT2D eigenvalue weighted by molar-refractivity contribution is -0.146. The summed E-state index contributed by atoms with van der Waals surface area (Å²) in [5.41, 5.74) is 1.32. The van der Waals surface area contributed by atoms with E-state index in [0.29, 0.717) is 10.6 Å². The maximum absolute atomic E-state index is 12.1. The molecule has 132 valence electrons. The fraction of sp³-hybridized carbons (Fsp3) is 0.263. The number of para-hydroxylation sites is 1. The molecule has 0 aliphatic heterocycles. The van der Waals surface area contributed by atoms with Crippen LogP contribution in [-0.2, 0) is 9.53 Å². The van der Waals surface area contributed by atoms with E-state index in [-0.39, 0.29) is 13.2 Å². The average Bonchev–Trinajstić information content (AvgIpc) is 2.60. The van der Waals surface area contributed by atoms with E-state index in [1.165, 1.54) is 0 Å². The lowest BCUT2D eigenvalue weighted by Gasteiger charge is -2.14. The number of carbonyl (C=O) groups is 2. The molecule has 6 heteroatoms. The molecular weight excluding hydrogens is 342 g/mol. The Labute approximate surface area is 151 Å². The highest BCUT2D eigenvalue weighted by atomic mass is 35.5. The molecule has 5 nitrogen and oxygen atoms in total. The number of rotatable bonds is 7. The van der Waals surface area contributed by atoms with Crippen molar-refractivity contribution in [1.29, 1.82) is 0 Å². The van der Waals surface area contributed by atoms with Gasteiger partial charge in [0.2, 0.25) is 0 Å². The highest BCUT2D eigenvalue weighted by Gasteiger charge is 2.19. The van der Waals surface area contributed by atoms with Crippen LogP contribution < -0.4 is 10.1 Å². The number of aryl methyl sites for hydroxylation is 1. The van der Waals surface area contributed by atoms with Crippen LogP contribution in [0.15, 0.2) is 48.5 Å². The summed E-state index contributed by atoms with van der Waals surface area (Å²) in [5, 5.41) is 2.89. The predicted octanol–water partition coefficient (Wildman–Crippen LogP) is 3.39. The van der Waals surface area contributed by atoms with Gasteiger partial charge in [0.1, 0.15) is 25.0 Å². The normalized spacial score (nSPS) is 11.5. The van der Waals surface area contributed by atoms with Crippen molar-refractivity contribution in [3.63, 3.8) is 0 Å². The molecule has 1 N–H and O–H groups in total. The Bertz CT molecular complexity index is 748. The van der Waals surface area contributed by atoms with Crippen LogP contribution in [0, 0.1) is 6.92 Å². The largest absolute Gasteiger partial charge is 0.490 e. The van der Waals surface area contributed by atoms with Crippen LogP contribution in [0.4, 0.5) is 0 Å². The summed E-state index contributed by atoms with van der Waals surface area (Å²) in [6.07, 6.45) is 0. The van der Waals surface area contributed by atoms with Gasteiger partial charge in [-0.1, -0.05) is 41.9 Å². The Morgan fingerprint density at radius 2 is 1.76 bits per heavy atom. The molecule has 0 bridgehead atoms.